The second kappa shape index (κ2) is 10.9. The molecule has 0 saturated heterocycles. The molecule has 0 aliphatic heterocycles. The number of aryl methyl sites for hydroxylation is 4. The number of hydrogen-bond acceptors (Lipinski definition) is 15. The van der Waals surface area contributed by atoms with Crippen molar-refractivity contribution in [1.29, 1.82) is 0 Å². The zero-order valence-electron chi connectivity index (χ0n) is 23.5. The van der Waals surface area contributed by atoms with Gasteiger partial charge in [-0.1, -0.05) is 0 Å². The lowest BCUT2D eigenvalue weighted by Gasteiger charge is -2.06. The van der Waals surface area contributed by atoms with Crippen molar-refractivity contribution >= 4 is 46.5 Å². The van der Waals surface area contributed by atoms with Gasteiger partial charge in [0.1, 0.15) is 17.5 Å². The summed E-state index contributed by atoms with van der Waals surface area (Å²) in [5, 5.41) is 33.6. The van der Waals surface area contributed by atoms with Crippen LogP contribution in [0.25, 0.3) is 11.6 Å². The number of nitrogens with zero attached hydrogens (tertiary/aromatic N) is 14. The maximum Gasteiger partial charge on any atom is 0.343 e. The molecular weight excluding hydrogens is 562 g/mol. The Balaban J connectivity index is 1.47. The van der Waals surface area contributed by atoms with Crippen LogP contribution >= 0.6 is 0 Å². The summed E-state index contributed by atoms with van der Waals surface area (Å²) in [6.45, 7) is 3.37. The van der Waals surface area contributed by atoms with Crippen LogP contribution in [0.1, 0.15) is 32.1 Å². The smallest absolute Gasteiger partial charge is 0.343 e. The van der Waals surface area contributed by atoms with E-state index in [4.69, 9.17) is 21.9 Å². The van der Waals surface area contributed by atoms with E-state index in [2.05, 4.69) is 50.8 Å². The van der Waals surface area contributed by atoms with Crippen LogP contribution in [0.4, 0.5) is 34.6 Å². The molecule has 6 N–H and O–H groups in total. The Hall–Kier alpha value is -6.34. The summed E-state index contributed by atoms with van der Waals surface area (Å²) >= 11 is 0. The first kappa shape index (κ1) is 28.2. The van der Waals surface area contributed by atoms with Gasteiger partial charge in [-0.3, -0.25) is 4.79 Å². The van der Waals surface area contributed by atoms with E-state index in [1.54, 1.807) is 34.0 Å². The highest BCUT2D eigenvalue weighted by atomic mass is 16.5. The highest BCUT2D eigenvalue weighted by Gasteiger charge is 2.21. The second-order valence-electron chi connectivity index (χ2n) is 8.96. The van der Waals surface area contributed by atoms with Gasteiger partial charge in [0.2, 0.25) is 0 Å². The second-order valence-corrected chi connectivity index (χ2v) is 8.96. The number of esters is 1. The van der Waals surface area contributed by atoms with Gasteiger partial charge >= 0.3 is 5.97 Å². The van der Waals surface area contributed by atoms with Gasteiger partial charge in [-0.15, -0.1) is 20.5 Å². The Kier molecular flexibility index (Phi) is 7.15. The first-order chi connectivity index (χ1) is 20.5. The largest absolute Gasteiger partial charge is 0.465 e. The lowest BCUT2D eigenvalue weighted by Crippen LogP contribution is -2.10. The summed E-state index contributed by atoms with van der Waals surface area (Å²) in [6.07, 6.45) is 3.91. The van der Waals surface area contributed by atoms with Crippen LogP contribution in [-0.4, -0.2) is 68.1 Å². The zero-order chi connectivity index (χ0) is 31.0. The topological polar surface area (TPSA) is 268 Å². The summed E-state index contributed by atoms with van der Waals surface area (Å²) in [5.74, 6) is -0.185. The Labute approximate surface area is 241 Å². The van der Waals surface area contributed by atoms with Crippen LogP contribution in [0.2, 0.25) is 0 Å². The van der Waals surface area contributed by atoms with Gasteiger partial charge in [-0.25, -0.2) is 24.1 Å². The molecule has 0 bridgehead atoms. The number of rotatable bonds is 8. The number of methoxy groups -OCH3 is 1. The highest BCUT2D eigenvalue weighted by molar-refractivity contribution is 5.96. The highest BCUT2D eigenvalue weighted by Crippen LogP contribution is 2.33. The fourth-order valence-electron chi connectivity index (χ4n) is 3.96. The molecule has 0 aliphatic carbocycles. The van der Waals surface area contributed by atoms with Crippen molar-refractivity contribution < 1.29 is 14.3 Å². The number of nitrogens with two attached hydrogens (primary N) is 3. The van der Waals surface area contributed by atoms with Gasteiger partial charge in [0.05, 0.1) is 30.9 Å². The summed E-state index contributed by atoms with van der Waals surface area (Å²) in [7, 11) is 4.46. The molecule has 20 nitrogen and oxygen atoms in total. The number of primary amides is 1. The van der Waals surface area contributed by atoms with E-state index in [9.17, 15) is 9.59 Å². The van der Waals surface area contributed by atoms with Crippen molar-refractivity contribution in [1.82, 2.24) is 49.1 Å². The molecule has 0 aliphatic rings. The van der Waals surface area contributed by atoms with E-state index in [1.807, 2.05) is 0 Å². The number of anilines is 2. The van der Waals surface area contributed by atoms with Crippen LogP contribution < -0.4 is 17.2 Å². The average Bonchev–Trinajstić information content (AvgIpc) is 3.70. The van der Waals surface area contributed by atoms with Crippen molar-refractivity contribution in [2.45, 2.75) is 13.8 Å². The number of carbonyl (C=O) groups excluding carboxylic acids is 2. The minimum Gasteiger partial charge on any atom is -0.465 e. The molecule has 0 atom stereocenters. The molecule has 220 valence electrons. The fourth-order valence-corrected chi connectivity index (χ4v) is 3.96. The van der Waals surface area contributed by atoms with Crippen molar-refractivity contribution in [3.8, 4) is 11.6 Å². The molecule has 0 aromatic carbocycles. The summed E-state index contributed by atoms with van der Waals surface area (Å²) < 4.78 is 10.2. The Morgan fingerprint density at radius 3 is 1.72 bits per heavy atom. The molecule has 43 heavy (non-hydrogen) atoms. The number of amides is 1. The molecule has 20 heteroatoms. The lowest BCUT2D eigenvalue weighted by molar-refractivity contribution is 0.0601. The minimum atomic E-state index is -0.698. The molecule has 0 unspecified atom stereocenters. The van der Waals surface area contributed by atoms with Crippen LogP contribution in [0, 0.1) is 13.8 Å². The van der Waals surface area contributed by atoms with E-state index in [-0.39, 0.29) is 57.4 Å². The molecule has 0 fully saturated rings. The maximum absolute atomic E-state index is 12.0. The Morgan fingerprint density at radius 2 is 1.26 bits per heavy atom. The number of nitrogen functional groups attached to an aromatic ring is 2. The Morgan fingerprint density at radius 1 is 0.791 bits per heavy atom. The summed E-state index contributed by atoms with van der Waals surface area (Å²) in [4.78, 5) is 32.3. The quantitative estimate of drug-likeness (QED) is 0.174. The zero-order valence-corrected chi connectivity index (χ0v) is 23.5. The fraction of sp³-hybridized carbons (Fsp3) is 0.217. The predicted octanol–water partition coefficient (Wildman–Crippen LogP) is 1.81. The van der Waals surface area contributed by atoms with Gasteiger partial charge < -0.3 is 21.9 Å². The number of hydrogen-bond donors (Lipinski definition) is 3. The molecule has 0 radical (unpaired) electrons. The molecular formula is C23H25N17O3. The van der Waals surface area contributed by atoms with E-state index >= 15 is 0 Å². The van der Waals surface area contributed by atoms with Gasteiger partial charge in [0.25, 0.3) is 5.91 Å². The first-order valence-corrected chi connectivity index (χ1v) is 12.3. The Bertz CT molecular complexity index is 1940. The first-order valence-electron chi connectivity index (χ1n) is 12.3. The van der Waals surface area contributed by atoms with Crippen molar-refractivity contribution in [2.24, 2.45) is 40.3 Å². The third kappa shape index (κ3) is 5.03. The lowest BCUT2D eigenvalue weighted by atomic mass is 10.3. The van der Waals surface area contributed by atoms with E-state index < -0.39 is 11.9 Å². The predicted molar refractivity (Wildman–Crippen MR) is 149 cm³/mol. The third-order valence-electron chi connectivity index (χ3n) is 6.17. The normalized spacial score (nSPS) is 11.7. The third-order valence-corrected chi connectivity index (χ3v) is 6.17. The number of aromatic nitrogens is 10. The van der Waals surface area contributed by atoms with Gasteiger partial charge in [-0.05, 0) is 13.8 Å². The molecule has 5 heterocycles. The van der Waals surface area contributed by atoms with Crippen molar-refractivity contribution in [3.63, 3.8) is 0 Å². The van der Waals surface area contributed by atoms with Gasteiger partial charge in [0.15, 0.2) is 46.3 Å². The van der Waals surface area contributed by atoms with Gasteiger partial charge in [0, 0.05) is 20.2 Å². The maximum atomic E-state index is 12.0. The molecule has 0 spiro atoms. The molecule has 5 aromatic rings. The molecule has 5 rings (SSSR count). The summed E-state index contributed by atoms with van der Waals surface area (Å²) in [6, 6.07) is 1.55. The van der Waals surface area contributed by atoms with E-state index in [0.29, 0.717) is 11.4 Å². The van der Waals surface area contributed by atoms with E-state index in [1.165, 1.54) is 44.6 Å². The minimum absolute atomic E-state index is 0.102. The molecule has 0 saturated carbocycles. The molecule has 1 amide bonds. The number of carbonyl (C=O) groups is 2. The van der Waals surface area contributed by atoms with Crippen molar-refractivity contribution in [2.75, 3.05) is 18.6 Å². The average molecular weight is 588 g/mol. The number of azo groups is 2. The monoisotopic (exact) mass is 587 g/mol. The SMILES string of the molecule is COC(=O)c1cnn(C)c1N=Nc1c(C)nn(-c2cc(-n3nc(C)c(N=Nc4c(C(N)=O)cnn4C)c3N)ncn2)c1N. The number of ether oxygens (including phenoxy) is 1. The van der Waals surface area contributed by atoms with Crippen LogP contribution in [0.15, 0.2) is 45.2 Å². The van der Waals surface area contributed by atoms with Gasteiger partial charge in [-0.2, -0.15) is 29.8 Å². The van der Waals surface area contributed by atoms with Crippen LogP contribution in [0.3, 0.4) is 0 Å². The van der Waals surface area contributed by atoms with Crippen LogP contribution in [0.5, 0.6) is 0 Å². The van der Waals surface area contributed by atoms with Crippen molar-refractivity contribution in [3.05, 3.63) is 47.3 Å². The van der Waals surface area contributed by atoms with E-state index in [0.717, 1.165) is 0 Å². The standard InChI is InChI=1S/C23H25N17O3/c1-10-16(31-33-21-12(20(26)41)7-29-37(21)3)18(24)39(35-10)14-6-15(28-9-27-14)40-19(25)17(11(2)36-40)32-34-22-13(23(42)43-5)8-30-38(22)4/h6-9H,24-25H2,1-5H3,(H2,26,41). The van der Waals surface area contributed by atoms with Crippen LogP contribution in [-0.2, 0) is 18.8 Å². The summed E-state index contributed by atoms with van der Waals surface area (Å²) in [5.41, 5.74) is 19.7. The molecule has 5 aromatic heterocycles.